The van der Waals surface area contributed by atoms with Gasteiger partial charge in [0.15, 0.2) is 0 Å². The van der Waals surface area contributed by atoms with Gasteiger partial charge in [-0.1, -0.05) is 17.7 Å². The average Bonchev–Trinajstić information content (AvgIpc) is 2.08. The van der Waals surface area contributed by atoms with Crippen molar-refractivity contribution in [3.8, 4) is 0 Å². The van der Waals surface area contributed by atoms with Gasteiger partial charge >= 0.3 is 7.12 Å². The van der Waals surface area contributed by atoms with Gasteiger partial charge in [-0.05, 0) is 24.0 Å². The van der Waals surface area contributed by atoms with Crippen LogP contribution in [0.2, 0.25) is 5.02 Å². The van der Waals surface area contributed by atoms with Crippen LogP contribution in [0.15, 0.2) is 12.1 Å². The minimum Gasteiger partial charge on any atom is -0.423 e. The van der Waals surface area contributed by atoms with Gasteiger partial charge in [-0.2, -0.15) is 0 Å². The Balaban J connectivity index is 3.32. The lowest BCUT2D eigenvalue weighted by atomic mass is 9.76. The SMILES string of the molecule is Cc1cc(B(O)O)c(C=O)cc1Cl. The number of rotatable bonds is 2. The van der Waals surface area contributed by atoms with Crippen molar-refractivity contribution < 1.29 is 14.8 Å². The summed E-state index contributed by atoms with van der Waals surface area (Å²) in [5.74, 6) is 0. The summed E-state index contributed by atoms with van der Waals surface area (Å²) in [4.78, 5) is 10.5. The van der Waals surface area contributed by atoms with Crippen LogP contribution in [0.1, 0.15) is 15.9 Å². The molecule has 0 saturated carbocycles. The normalized spacial score (nSPS) is 9.85. The zero-order valence-electron chi connectivity index (χ0n) is 6.99. The number of aryl methyl sites for hydroxylation is 1. The fourth-order valence-electron chi connectivity index (χ4n) is 1.04. The second-order valence-corrected chi connectivity index (χ2v) is 3.13. The lowest BCUT2D eigenvalue weighted by Crippen LogP contribution is -2.33. The van der Waals surface area contributed by atoms with E-state index in [9.17, 15) is 4.79 Å². The summed E-state index contributed by atoms with van der Waals surface area (Å²) >= 11 is 5.75. The van der Waals surface area contributed by atoms with Crippen LogP contribution in [0.25, 0.3) is 0 Å². The van der Waals surface area contributed by atoms with Crippen LogP contribution in [0.5, 0.6) is 0 Å². The van der Waals surface area contributed by atoms with Gasteiger partial charge in [0.2, 0.25) is 0 Å². The molecule has 0 heterocycles. The standard InChI is InChI=1S/C8H8BClO3/c1-5-2-7(9(12)13)6(4-11)3-8(5)10/h2-4,12-13H,1H3. The van der Waals surface area contributed by atoms with Gasteiger partial charge in [-0.3, -0.25) is 4.79 Å². The Bertz CT molecular complexity index is 338. The smallest absolute Gasteiger partial charge is 0.423 e. The molecule has 0 bridgehead atoms. The summed E-state index contributed by atoms with van der Waals surface area (Å²) in [7, 11) is -1.64. The lowest BCUT2D eigenvalue weighted by Gasteiger charge is -2.06. The van der Waals surface area contributed by atoms with Gasteiger partial charge in [-0.25, -0.2) is 0 Å². The third-order valence-electron chi connectivity index (χ3n) is 1.77. The number of carbonyl (C=O) groups is 1. The van der Waals surface area contributed by atoms with Crippen LogP contribution in [0, 0.1) is 6.92 Å². The van der Waals surface area contributed by atoms with Gasteiger partial charge in [-0.15, -0.1) is 0 Å². The van der Waals surface area contributed by atoms with Crippen molar-refractivity contribution >= 4 is 30.5 Å². The summed E-state index contributed by atoms with van der Waals surface area (Å²) in [6.07, 6.45) is 0.542. The highest BCUT2D eigenvalue weighted by atomic mass is 35.5. The second kappa shape index (κ2) is 3.92. The maximum Gasteiger partial charge on any atom is 0.489 e. The van der Waals surface area contributed by atoms with Crippen molar-refractivity contribution in [3.63, 3.8) is 0 Å². The minimum absolute atomic E-state index is 0.178. The predicted octanol–water partition coefficient (Wildman–Crippen LogP) is 0.141. The maximum absolute atomic E-state index is 10.5. The highest BCUT2D eigenvalue weighted by molar-refractivity contribution is 6.60. The first kappa shape index (κ1) is 10.2. The van der Waals surface area contributed by atoms with Crippen LogP contribution in [-0.2, 0) is 0 Å². The van der Waals surface area contributed by atoms with Crippen molar-refractivity contribution in [2.75, 3.05) is 0 Å². The Labute approximate surface area is 81.1 Å². The number of aldehydes is 1. The van der Waals surface area contributed by atoms with E-state index in [2.05, 4.69) is 0 Å². The number of hydrogen-bond donors (Lipinski definition) is 2. The largest absolute Gasteiger partial charge is 0.489 e. The summed E-state index contributed by atoms with van der Waals surface area (Å²) in [6, 6.07) is 2.90. The molecule has 68 valence electrons. The Morgan fingerprint density at radius 1 is 1.46 bits per heavy atom. The van der Waals surface area contributed by atoms with Crippen molar-refractivity contribution in [2.24, 2.45) is 0 Å². The minimum atomic E-state index is -1.64. The number of benzene rings is 1. The Kier molecular flexibility index (Phi) is 3.09. The molecule has 0 aliphatic carbocycles. The molecule has 0 radical (unpaired) electrons. The Morgan fingerprint density at radius 2 is 2.08 bits per heavy atom. The summed E-state index contributed by atoms with van der Waals surface area (Å²) in [5.41, 5.74) is 1.08. The third kappa shape index (κ3) is 2.09. The van der Waals surface area contributed by atoms with Crippen molar-refractivity contribution in [2.45, 2.75) is 6.92 Å². The fraction of sp³-hybridized carbons (Fsp3) is 0.125. The molecule has 0 spiro atoms. The molecule has 1 aromatic carbocycles. The summed E-state index contributed by atoms with van der Waals surface area (Å²) < 4.78 is 0. The fourth-order valence-corrected chi connectivity index (χ4v) is 1.22. The molecular formula is C8H8BClO3. The quantitative estimate of drug-likeness (QED) is 0.525. The molecule has 3 nitrogen and oxygen atoms in total. The molecule has 0 fully saturated rings. The molecular weight excluding hydrogens is 190 g/mol. The Hall–Kier alpha value is -0.835. The maximum atomic E-state index is 10.5. The van der Waals surface area contributed by atoms with Crippen molar-refractivity contribution in [3.05, 3.63) is 28.3 Å². The third-order valence-corrected chi connectivity index (χ3v) is 2.18. The molecule has 0 aromatic heterocycles. The van der Waals surface area contributed by atoms with Crippen LogP contribution in [0.3, 0.4) is 0 Å². The number of hydrogen-bond acceptors (Lipinski definition) is 3. The molecule has 0 atom stereocenters. The molecule has 0 aliphatic heterocycles. The van der Waals surface area contributed by atoms with Crippen molar-refractivity contribution in [1.29, 1.82) is 0 Å². The summed E-state index contributed by atoms with van der Waals surface area (Å²) in [6.45, 7) is 1.72. The average molecular weight is 198 g/mol. The van der Waals surface area contributed by atoms with Crippen LogP contribution >= 0.6 is 11.6 Å². The van der Waals surface area contributed by atoms with E-state index in [0.717, 1.165) is 0 Å². The van der Waals surface area contributed by atoms with Gasteiger partial charge in [0.1, 0.15) is 6.29 Å². The van der Waals surface area contributed by atoms with E-state index in [0.29, 0.717) is 16.9 Å². The zero-order chi connectivity index (χ0) is 10.0. The predicted molar refractivity (Wildman–Crippen MR) is 51.4 cm³/mol. The zero-order valence-corrected chi connectivity index (χ0v) is 7.75. The first-order valence-corrected chi connectivity index (χ1v) is 4.05. The number of carbonyl (C=O) groups excluding carboxylic acids is 1. The lowest BCUT2D eigenvalue weighted by molar-refractivity contribution is 0.112. The molecule has 0 aliphatic rings. The highest BCUT2D eigenvalue weighted by Crippen LogP contribution is 2.14. The molecule has 0 amide bonds. The van der Waals surface area contributed by atoms with Crippen molar-refractivity contribution in [1.82, 2.24) is 0 Å². The molecule has 0 saturated heterocycles. The van der Waals surface area contributed by atoms with Crippen LogP contribution in [-0.4, -0.2) is 23.5 Å². The molecule has 0 unspecified atom stereocenters. The molecule has 2 N–H and O–H groups in total. The van der Waals surface area contributed by atoms with Crippen LogP contribution in [0.4, 0.5) is 0 Å². The van der Waals surface area contributed by atoms with E-state index in [1.165, 1.54) is 12.1 Å². The van der Waals surface area contributed by atoms with E-state index in [1.54, 1.807) is 6.92 Å². The van der Waals surface area contributed by atoms with E-state index in [4.69, 9.17) is 21.6 Å². The van der Waals surface area contributed by atoms with E-state index in [-0.39, 0.29) is 11.0 Å². The molecule has 1 aromatic rings. The van der Waals surface area contributed by atoms with E-state index < -0.39 is 7.12 Å². The Morgan fingerprint density at radius 3 is 2.54 bits per heavy atom. The monoisotopic (exact) mass is 198 g/mol. The topological polar surface area (TPSA) is 57.5 Å². The highest BCUT2D eigenvalue weighted by Gasteiger charge is 2.16. The van der Waals surface area contributed by atoms with Crippen LogP contribution < -0.4 is 5.46 Å². The van der Waals surface area contributed by atoms with Gasteiger partial charge in [0, 0.05) is 10.6 Å². The van der Waals surface area contributed by atoms with E-state index >= 15 is 0 Å². The molecule has 1 rings (SSSR count). The van der Waals surface area contributed by atoms with E-state index in [1.807, 2.05) is 0 Å². The first-order chi connectivity index (χ1) is 6.06. The van der Waals surface area contributed by atoms with Gasteiger partial charge in [0.25, 0.3) is 0 Å². The van der Waals surface area contributed by atoms with Gasteiger partial charge < -0.3 is 10.0 Å². The summed E-state index contributed by atoms with van der Waals surface area (Å²) in [5, 5.41) is 18.2. The van der Waals surface area contributed by atoms with Gasteiger partial charge in [0.05, 0.1) is 0 Å². The molecule has 5 heteroatoms. The first-order valence-electron chi connectivity index (χ1n) is 3.67. The second-order valence-electron chi connectivity index (χ2n) is 2.72. The number of halogens is 1. The molecule has 13 heavy (non-hydrogen) atoms.